The number of hydrogen-bond acceptors (Lipinski definition) is 2. The van der Waals surface area contributed by atoms with Crippen molar-refractivity contribution in [2.75, 3.05) is 18.0 Å². The number of hydrogen-bond donors (Lipinski definition) is 1. The second-order valence-electron chi connectivity index (χ2n) is 6.08. The van der Waals surface area contributed by atoms with E-state index in [0.717, 1.165) is 24.1 Å². The minimum atomic E-state index is 0.528. The first-order valence-electron chi connectivity index (χ1n) is 7.71. The van der Waals surface area contributed by atoms with E-state index in [1.165, 1.54) is 17.7 Å². The Hall–Kier alpha value is -0.540. The van der Waals surface area contributed by atoms with Gasteiger partial charge in [-0.15, -0.1) is 0 Å². The largest absolute Gasteiger partial charge is 0.369 e. The molecule has 0 aliphatic heterocycles. The Morgan fingerprint density at radius 3 is 2.45 bits per heavy atom. The molecule has 1 rings (SSSR count). The minimum Gasteiger partial charge on any atom is -0.369 e. The molecule has 0 saturated heterocycles. The summed E-state index contributed by atoms with van der Waals surface area (Å²) in [7, 11) is 0. The van der Waals surface area contributed by atoms with Crippen molar-refractivity contribution in [2.24, 2.45) is 5.92 Å². The summed E-state index contributed by atoms with van der Waals surface area (Å²) in [6.07, 6.45) is 1.17. The smallest absolute Gasteiger partial charge is 0.0414 e. The van der Waals surface area contributed by atoms with Crippen molar-refractivity contribution in [3.63, 3.8) is 0 Å². The fraction of sp³-hybridized carbons (Fsp3) is 0.647. The molecule has 2 nitrogen and oxygen atoms in total. The normalized spacial score (nSPS) is 11.4. The first-order chi connectivity index (χ1) is 9.45. The van der Waals surface area contributed by atoms with E-state index in [9.17, 15) is 0 Å². The van der Waals surface area contributed by atoms with Gasteiger partial charge in [0.05, 0.1) is 0 Å². The molecule has 0 bridgehead atoms. The van der Waals surface area contributed by atoms with Crippen LogP contribution in [0.3, 0.4) is 0 Å². The van der Waals surface area contributed by atoms with Crippen LogP contribution in [0, 0.1) is 5.92 Å². The van der Waals surface area contributed by atoms with Crippen molar-refractivity contribution >= 4 is 21.6 Å². The summed E-state index contributed by atoms with van der Waals surface area (Å²) in [5.74, 6) is 0.683. The molecule has 0 aliphatic rings. The Morgan fingerprint density at radius 2 is 1.90 bits per heavy atom. The van der Waals surface area contributed by atoms with Gasteiger partial charge in [-0.3, -0.25) is 0 Å². The molecule has 3 heteroatoms. The molecular formula is C17H29BrN2. The van der Waals surface area contributed by atoms with Crippen LogP contribution in [0.1, 0.15) is 46.6 Å². The molecule has 0 heterocycles. The van der Waals surface area contributed by atoms with Crippen LogP contribution in [0.4, 0.5) is 5.69 Å². The highest BCUT2D eigenvalue weighted by Gasteiger charge is 2.14. The Labute approximate surface area is 133 Å². The van der Waals surface area contributed by atoms with Crippen LogP contribution in [0.15, 0.2) is 22.7 Å². The fourth-order valence-electron chi connectivity index (χ4n) is 2.37. The number of benzene rings is 1. The number of rotatable bonds is 8. The lowest BCUT2D eigenvalue weighted by Crippen LogP contribution is -2.33. The van der Waals surface area contributed by atoms with Crippen LogP contribution in [-0.2, 0) is 6.54 Å². The van der Waals surface area contributed by atoms with Gasteiger partial charge in [-0.1, -0.05) is 36.7 Å². The predicted molar refractivity (Wildman–Crippen MR) is 93.5 cm³/mol. The van der Waals surface area contributed by atoms with E-state index >= 15 is 0 Å². The van der Waals surface area contributed by atoms with E-state index in [0.29, 0.717) is 12.0 Å². The molecule has 0 aliphatic carbocycles. The molecule has 1 aromatic carbocycles. The molecule has 0 radical (unpaired) electrons. The van der Waals surface area contributed by atoms with Gasteiger partial charge in [-0.2, -0.15) is 0 Å². The number of anilines is 1. The van der Waals surface area contributed by atoms with Gasteiger partial charge >= 0.3 is 0 Å². The first kappa shape index (κ1) is 17.5. The van der Waals surface area contributed by atoms with Crippen molar-refractivity contribution in [3.8, 4) is 0 Å². The topological polar surface area (TPSA) is 15.3 Å². The highest BCUT2D eigenvalue weighted by Crippen LogP contribution is 2.26. The molecule has 0 saturated carbocycles. The Bertz CT molecular complexity index is 402. The lowest BCUT2D eigenvalue weighted by molar-refractivity contribution is 0.551. The SMILES string of the molecule is CCCN(c1ccc(Br)cc1CNCC(C)C)C(C)C. The maximum Gasteiger partial charge on any atom is 0.0414 e. The van der Waals surface area contributed by atoms with E-state index in [-0.39, 0.29) is 0 Å². The van der Waals surface area contributed by atoms with Gasteiger partial charge in [-0.05, 0) is 56.5 Å². The average molecular weight is 341 g/mol. The second-order valence-corrected chi connectivity index (χ2v) is 7.00. The highest BCUT2D eigenvalue weighted by molar-refractivity contribution is 9.10. The maximum absolute atomic E-state index is 3.60. The van der Waals surface area contributed by atoms with Crippen LogP contribution in [0.5, 0.6) is 0 Å². The quantitative estimate of drug-likeness (QED) is 0.729. The summed E-state index contributed by atoms with van der Waals surface area (Å²) in [6.45, 7) is 14.4. The molecule has 20 heavy (non-hydrogen) atoms. The monoisotopic (exact) mass is 340 g/mol. The molecule has 0 atom stereocenters. The summed E-state index contributed by atoms with van der Waals surface area (Å²) < 4.78 is 1.16. The Kier molecular flexibility index (Phi) is 7.60. The summed E-state index contributed by atoms with van der Waals surface area (Å²) >= 11 is 3.60. The van der Waals surface area contributed by atoms with Gasteiger partial charge in [0.2, 0.25) is 0 Å². The third kappa shape index (κ3) is 5.45. The van der Waals surface area contributed by atoms with Gasteiger partial charge in [-0.25, -0.2) is 0 Å². The van der Waals surface area contributed by atoms with Crippen LogP contribution in [0.2, 0.25) is 0 Å². The average Bonchev–Trinajstić information content (AvgIpc) is 2.36. The Balaban J connectivity index is 2.92. The Morgan fingerprint density at radius 1 is 1.20 bits per heavy atom. The highest BCUT2D eigenvalue weighted by atomic mass is 79.9. The molecule has 0 unspecified atom stereocenters. The number of nitrogens with one attached hydrogen (secondary N) is 1. The molecule has 0 aromatic heterocycles. The predicted octanol–water partition coefficient (Wildman–Crippen LogP) is 4.82. The van der Waals surface area contributed by atoms with Crippen LogP contribution in [-0.4, -0.2) is 19.1 Å². The summed E-state index contributed by atoms with van der Waals surface area (Å²) in [6, 6.07) is 7.16. The van der Waals surface area contributed by atoms with Gasteiger partial charge in [0.15, 0.2) is 0 Å². The van der Waals surface area contributed by atoms with Crippen molar-refractivity contribution < 1.29 is 0 Å². The van der Waals surface area contributed by atoms with E-state index < -0.39 is 0 Å². The molecule has 1 N–H and O–H groups in total. The summed E-state index contributed by atoms with van der Waals surface area (Å²) in [5, 5.41) is 3.56. The molecule has 114 valence electrons. The van der Waals surface area contributed by atoms with Gasteiger partial charge in [0, 0.05) is 29.3 Å². The third-order valence-electron chi connectivity index (χ3n) is 3.31. The molecule has 0 fully saturated rings. The van der Waals surface area contributed by atoms with E-state index in [2.05, 4.69) is 79.0 Å². The molecule has 0 spiro atoms. The second kappa shape index (κ2) is 8.68. The van der Waals surface area contributed by atoms with Crippen molar-refractivity contribution in [2.45, 2.75) is 53.6 Å². The van der Waals surface area contributed by atoms with Crippen molar-refractivity contribution in [1.82, 2.24) is 5.32 Å². The van der Waals surface area contributed by atoms with E-state index in [1.807, 2.05) is 0 Å². The lowest BCUT2D eigenvalue weighted by atomic mass is 10.1. The standard InChI is InChI=1S/C17H29BrN2/c1-6-9-20(14(4)5)17-8-7-16(18)10-15(17)12-19-11-13(2)3/h7-8,10,13-14,19H,6,9,11-12H2,1-5H3. The number of nitrogens with zero attached hydrogens (tertiary/aromatic N) is 1. The maximum atomic E-state index is 3.60. The van der Waals surface area contributed by atoms with Crippen molar-refractivity contribution in [3.05, 3.63) is 28.2 Å². The molecule has 1 aromatic rings. The zero-order valence-electron chi connectivity index (χ0n) is 13.5. The number of halogens is 1. The van der Waals surface area contributed by atoms with Gasteiger partial charge < -0.3 is 10.2 Å². The zero-order valence-corrected chi connectivity index (χ0v) is 15.1. The zero-order chi connectivity index (χ0) is 15.1. The van der Waals surface area contributed by atoms with Crippen LogP contribution >= 0.6 is 15.9 Å². The van der Waals surface area contributed by atoms with E-state index in [1.54, 1.807) is 0 Å². The summed E-state index contributed by atoms with van der Waals surface area (Å²) in [4.78, 5) is 2.50. The fourth-order valence-corrected chi connectivity index (χ4v) is 2.78. The minimum absolute atomic E-state index is 0.528. The van der Waals surface area contributed by atoms with E-state index in [4.69, 9.17) is 0 Å². The lowest BCUT2D eigenvalue weighted by Gasteiger charge is -2.31. The van der Waals surface area contributed by atoms with Crippen LogP contribution < -0.4 is 10.2 Å². The van der Waals surface area contributed by atoms with Crippen LogP contribution in [0.25, 0.3) is 0 Å². The van der Waals surface area contributed by atoms with Gasteiger partial charge in [0.25, 0.3) is 0 Å². The first-order valence-corrected chi connectivity index (χ1v) is 8.50. The summed E-state index contributed by atoms with van der Waals surface area (Å²) in [5.41, 5.74) is 2.74. The molecule has 0 amide bonds. The van der Waals surface area contributed by atoms with Gasteiger partial charge in [0.1, 0.15) is 0 Å². The molecular weight excluding hydrogens is 312 g/mol. The third-order valence-corrected chi connectivity index (χ3v) is 3.80. The van der Waals surface area contributed by atoms with Crippen molar-refractivity contribution in [1.29, 1.82) is 0 Å².